The van der Waals surface area contributed by atoms with E-state index >= 15 is 0 Å². The molecule has 0 radical (unpaired) electrons. The van der Waals surface area contributed by atoms with E-state index in [9.17, 15) is 14.4 Å². The van der Waals surface area contributed by atoms with E-state index in [1.165, 1.54) is 0 Å². The largest absolute Gasteiger partial charge is 0.466 e. The summed E-state index contributed by atoms with van der Waals surface area (Å²) in [5.74, 6) is -2.44. The fourth-order valence-electron chi connectivity index (χ4n) is 5.93. The zero-order chi connectivity index (χ0) is 24.5. The topological polar surface area (TPSA) is 105 Å². The first-order valence-electron chi connectivity index (χ1n) is 12.2. The summed E-state index contributed by atoms with van der Waals surface area (Å²) in [7, 11) is 0. The molecule has 1 aromatic carbocycles. The standard InChI is InChI=1S/C25H33ClN2O6/c1-3-33-24(32)18-17-11-12-25(34-17)19(18)23(31)28(13-6-4-5-7-14-29)21(25)22(30)27-20-15(2)9-8-10-16(20)26/h8-10,17-19,21,29H,3-7,11-14H2,1-2H3,(H,27,30)/t17-,18+,19-,21?,25?/m0/s1. The number of unbranched alkanes of at least 4 members (excludes halogenated alkanes) is 3. The van der Waals surface area contributed by atoms with Gasteiger partial charge in [0, 0.05) is 13.2 Å². The van der Waals surface area contributed by atoms with Crippen molar-refractivity contribution < 1.29 is 29.0 Å². The maximum absolute atomic E-state index is 13.7. The summed E-state index contributed by atoms with van der Waals surface area (Å²) in [4.78, 5) is 41.8. The average molecular weight is 493 g/mol. The molecule has 3 aliphatic rings. The Hall–Kier alpha value is -2.16. The number of ether oxygens (including phenoxy) is 2. The summed E-state index contributed by atoms with van der Waals surface area (Å²) in [5, 5.41) is 12.4. The van der Waals surface area contributed by atoms with Crippen LogP contribution in [0.5, 0.6) is 0 Å². The first-order chi connectivity index (χ1) is 16.4. The van der Waals surface area contributed by atoms with Gasteiger partial charge < -0.3 is 24.8 Å². The van der Waals surface area contributed by atoms with Crippen molar-refractivity contribution in [1.82, 2.24) is 4.90 Å². The Kier molecular flexibility index (Phi) is 7.50. The predicted molar refractivity (Wildman–Crippen MR) is 126 cm³/mol. The molecule has 0 saturated carbocycles. The SMILES string of the molecule is CCOC(=O)[C@@H]1[C@@H]2CCC3(O2)C(C(=O)Nc2c(C)cccc2Cl)N(CCCCCCO)C(=O)[C@H]13. The molecule has 3 saturated heterocycles. The third kappa shape index (κ3) is 4.20. The number of nitrogens with zero attached hydrogens (tertiary/aromatic N) is 1. The molecule has 2 unspecified atom stereocenters. The fraction of sp³-hybridized carbons (Fsp3) is 0.640. The highest BCUT2D eigenvalue weighted by Gasteiger charge is 2.74. The highest BCUT2D eigenvalue weighted by molar-refractivity contribution is 6.34. The van der Waals surface area contributed by atoms with Crippen molar-refractivity contribution in [1.29, 1.82) is 0 Å². The molecule has 4 rings (SSSR count). The number of nitrogens with one attached hydrogen (secondary N) is 1. The minimum atomic E-state index is -1.05. The number of carbonyl (C=O) groups is 3. The number of hydrogen-bond acceptors (Lipinski definition) is 6. The number of hydrogen-bond donors (Lipinski definition) is 2. The van der Waals surface area contributed by atoms with E-state index in [-0.39, 0.29) is 25.0 Å². The van der Waals surface area contributed by atoms with Crippen molar-refractivity contribution in [3.63, 3.8) is 0 Å². The summed E-state index contributed by atoms with van der Waals surface area (Å²) in [6.07, 6.45) is 3.77. The van der Waals surface area contributed by atoms with Gasteiger partial charge in [0.05, 0.1) is 35.3 Å². The number of rotatable bonds is 10. The lowest BCUT2D eigenvalue weighted by atomic mass is 9.70. The smallest absolute Gasteiger partial charge is 0.312 e. The van der Waals surface area contributed by atoms with Crippen LogP contribution in [0.4, 0.5) is 5.69 Å². The van der Waals surface area contributed by atoms with Crippen LogP contribution in [0, 0.1) is 18.8 Å². The van der Waals surface area contributed by atoms with Crippen LogP contribution >= 0.6 is 11.6 Å². The number of anilines is 1. The van der Waals surface area contributed by atoms with E-state index in [1.807, 2.05) is 19.1 Å². The van der Waals surface area contributed by atoms with Crippen molar-refractivity contribution in [2.45, 2.75) is 70.1 Å². The van der Waals surface area contributed by atoms with E-state index in [4.69, 9.17) is 26.2 Å². The molecule has 2 bridgehead atoms. The van der Waals surface area contributed by atoms with Crippen molar-refractivity contribution in [3.05, 3.63) is 28.8 Å². The van der Waals surface area contributed by atoms with Gasteiger partial charge in [-0.2, -0.15) is 0 Å². The molecule has 0 aliphatic carbocycles. The van der Waals surface area contributed by atoms with Gasteiger partial charge in [-0.3, -0.25) is 14.4 Å². The van der Waals surface area contributed by atoms with Crippen molar-refractivity contribution in [2.24, 2.45) is 11.8 Å². The average Bonchev–Trinajstić information content (AvgIpc) is 3.44. The van der Waals surface area contributed by atoms with Gasteiger partial charge in [0.2, 0.25) is 11.8 Å². The number of para-hydroxylation sites is 1. The summed E-state index contributed by atoms with van der Waals surface area (Å²) in [6.45, 7) is 4.33. The molecule has 2 amide bonds. The van der Waals surface area contributed by atoms with Crippen LogP contribution in [-0.2, 0) is 23.9 Å². The summed E-state index contributed by atoms with van der Waals surface area (Å²) < 4.78 is 11.6. The van der Waals surface area contributed by atoms with Gasteiger partial charge in [0.15, 0.2) is 0 Å². The Morgan fingerprint density at radius 2 is 2.06 bits per heavy atom. The third-order valence-corrected chi connectivity index (χ3v) is 7.70. The van der Waals surface area contributed by atoms with Gasteiger partial charge >= 0.3 is 5.97 Å². The number of amides is 2. The monoisotopic (exact) mass is 492 g/mol. The molecule has 3 fully saturated rings. The Bertz CT molecular complexity index is 935. The molecule has 1 spiro atoms. The van der Waals surface area contributed by atoms with Gasteiger partial charge in [0.25, 0.3) is 0 Å². The number of carbonyl (C=O) groups excluding carboxylic acids is 3. The van der Waals surface area contributed by atoms with Crippen LogP contribution < -0.4 is 5.32 Å². The maximum atomic E-state index is 13.7. The van der Waals surface area contributed by atoms with Crippen molar-refractivity contribution >= 4 is 35.1 Å². The zero-order valence-electron chi connectivity index (χ0n) is 19.7. The molecule has 1 aromatic rings. The molecule has 186 valence electrons. The van der Waals surface area contributed by atoms with E-state index in [2.05, 4.69) is 5.32 Å². The molecule has 2 N–H and O–H groups in total. The van der Waals surface area contributed by atoms with Crippen molar-refractivity contribution in [2.75, 3.05) is 25.1 Å². The van der Waals surface area contributed by atoms with Crippen LogP contribution in [0.3, 0.4) is 0 Å². The second-order valence-electron chi connectivity index (χ2n) is 9.40. The van der Waals surface area contributed by atoms with Crippen LogP contribution in [-0.4, -0.2) is 65.3 Å². The maximum Gasteiger partial charge on any atom is 0.312 e. The number of halogens is 1. The first kappa shape index (κ1) is 24.9. The zero-order valence-corrected chi connectivity index (χ0v) is 20.5. The van der Waals surface area contributed by atoms with Crippen LogP contribution in [0.25, 0.3) is 0 Å². The van der Waals surface area contributed by atoms with E-state index in [1.54, 1.807) is 17.9 Å². The number of fused-ring (bicyclic) bond motifs is 1. The first-order valence-corrected chi connectivity index (χ1v) is 12.5. The normalized spacial score (nSPS) is 29.4. The molecule has 34 heavy (non-hydrogen) atoms. The number of aryl methyl sites for hydroxylation is 1. The Morgan fingerprint density at radius 1 is 1.29 bits per heavy atom. The highest BCUT2D eigenvalue weighted by Crippen LogP contribution is 2.58. The van der Waals surface area contributed by atoms with Gasteiger partial charge in [-0.15, -0.1) is 0 Å². The summed E-state index contributed by atoms with van der Waals surface area (Å²) in [5.41, 5.74) is 0.276. The van der Waals surface area contributed by atoms with E-state index in [0.29, 0.717) is 42.9 Å². The lowest BCUT2D eigenvalue weighted by molar-refractivity contribution is -0.154. The van der Waals surface area contributed by atoms with Crippen LogP contribution in [0.2, 0.25) is 5.02 Å². The predicted octanol–water partition coefficient (Wildman–Crippen LogP) is 3.08. The van der Waals surface area contributed by atoms with Crippen LogP contribution in [0.15, 0.2) is 18.2 Å². The van der Waals surface area contributed by atoms with Gasteiger partial charge in [0.1, 0.15) is 11.6 Å². The fourth-order valence-corrected chi connectivity index (χ4v) is 6.20. The molecular weight excluding hydrogens is 460 g/mol. The Morgan fingerprint density at radius 3 is 2.76 bits per heavy atom. The van der Waals surface area contributed by atoms with Crippen molar-refractivity contribution in [3.8, 4) is 0 Å². The molecule has 3 aliphatic heterocycles. The van der Waals surface area contributed by atoms with Crippen LogP contribution in [0.1, 0.15) is 51.0 Å². The van der Waals surface area contributed by atoms with Gasteiger partial charge in [-0.1, -0.05) is 36.6 Å². The number of aliphatic hydroxyl groups excluding tert-OH is 1. The lowest BCUT2D eigenvalue weighted by Gasteiger charge is -2.33. The quantitative estimate of drug-likeness (QED) is 0.384. The molecule has 5 atom stereocenters. The number of esters is 1. The highest BCUT2D eigenvalue weighted by atomic mass is 35.5. The minimum Gasteiger partial charge on any atom is -0.466 e. The molecule has 9 heteroatoms. The molecule has 0 aromatic heterocycles. The lowest BCUT2D eigenvalue weighted by Crippen LogP contribution is -2.53. The number of aliphatic hydroxyl groups is 1. The number of likely N-dealkylation sites (tertiary alicyclic amines) is 1. The minimum absolute atomic E-state index is 0.131. The van der Waals surface area contributed by atoms with E-state index in [0.717, 1.165) is 18.4 Å². The van der Waals surface area contributed by atoms with Gasteiger partial charge in [-0.05, 0) is 51.2 Å². The second-order valence-corrected chi connectivity index (χ2v) is 9.81. The summed E-state index contributed by atoms with van der Waals surface area (Å²) in [6, 6.07) is 4.52. The Balaban J connectivity index is 1.64. The second kappa shape index (κ2) is 10.2. The molecule has 3 heterocycles. The molecular formula is C25H33ClN2O6. The van der Waals surface area contributed by atoms with Gasteiger partial charge in [-0.25, -0.2) is 0 Å². The summed E-state index contributed by atoms with van der Waals surface area (Å²) >= 11 is 6.36. The van der Waals surface area contributed by atoms with E-state index < -0.39 is 35.6 Å². The molecule has 8 nitrogen and oxygen atoms in total. The third-order valence-electron chi connectivity index (χ3n) is 7.38. The number of benzene rings is 1. The Labute approximate surface area is 204 Å².